The van der Waals surface area contributed by atoms with Gasteiger partial charge in [-0.15, -0.1) is 11.3 Å². The summed E-state index contributed by atoms with van der Waals surface area (Å²) >= 11 is 1.47. The van der Waals surface area contributed by atoms with E-state index < -0.39 is 6.09 Å². The number of primary amides is 1. The maximum Gasteiger partial charge on any atom is 0.404 e. The Morgan fingerprint density at radius 3 is 3.05 bits per heavy atom. The van der Waals surface area contributed by atoms with E-state index in [4.69, 9.17) is 20.9 Å². The van der Waals surface area contributed by atoms with Crippen LogP contribution in [0, 0.1) is 0 Å². The Bertz CT molecular complexity index is 814. The van der Waals surface area contributed by atoms with Crippen LogP contribution in [0.4, 0.5) is 10.7 Å². The first-order valence-corrected chi connectivity index (χ1v) is 7.08. The Morgan fingerprint density at radius 1 is 1.36 bits per heavy atom. The number of H-pyrrole nitrogens is 1. The van der Waals surface area contributed by atoms with Gasteiger partial charge >= 0.3 is 6.09 Å². The van der Waals surface area contributed by atoms with Gasteiger partial charge in [0.1, 0.15) is 13.2 Å². The molecule has 0 spiro atoms. The molecule has 10 heteroatoms. The van der Waals surface area contributed by atoms with Crippen LogP contribution in [0.3, 0.4) is 0 Å². The molecule has 5 N–H and O–H groups in total. The fourth-order valence-corrected chi connectivity index (χ4v) is 2.63. The normalized spacial score (nSPS) is 10.7. The van der Waals surface area contributed by atoms with Crippen LogP contribution in [0.25, 0.3) is 11.2 Å². The van der Waals surface area contributed by atoms with Crippen molar-refractivity contribution in [2.24, 2.45) is 5.73 Å². The summed E-state index contributed by atoms with van der Waals surface area (Å²) in [5.74, 6) is 0.383. The van der Waals surface area contributed by atoms with E-state index in [1.54, 1.807) is 0 Å². The summed E-state index contributed by atoms with van der Waals surface area (Å²) in [6, 6.07) is 1.84. The second kappa shape index (κ2) is 5.85. The molecule has 1 amide bonds. The molecule has 0 radical (unpaired) electrons. The van der Waals surface area contributed by atoms with Gasteiger partial charge in [0.15, 0.2) is 11.2 Å². The minimum Gasteiger partial charge on any atom is -0.470 e. The van der Waals surface area contributed by atoms with Crippen molar-refractivity contribution in [2.45, 2.75) is 13.2 Å². The number of ether oxygens (including phenoxy) is 2. The molecule has 0 aliphatic carbocycles. The van der Waals surface area contributed by atoms with Crippen molar-refractivity contribution in [3.05, 3.63) is 28.2 Å². The lowest BCUT2D eigenvalue weighted by atomic mass is 10.3. The molecular formula is C12H12N6O3S. The molecule has 0 fully saturated rings. The Kier molecular flexibility index (Phi) is 3.74. The van der Waals surface area contributed by atoms with Gasteiger partial charge in [0.2, 0.25) is 11.8 Å². The molecule has 0 aliphatic rings. The Labute approximate surface area is 128 Å². The van der Waals surface area contributed by atoms with Crippen molar-refractivity contribution in [1.29, 1.82) is 0 Å². The molecule has 3 aromatic rings. The highest BCUT2D eigenvalue weighted by Gasteiger charge is 2.12. The van der Waals surface area contributed by atoms with Gasteiger partial charge < -0.3 is 25.9 Å². The van der Waals surface area contributed by atoms with E-state index in [0.717, 1.165) is 10.4 Å². The van der Waals surface area contributed by atoms with E-state index in [1.807, 2.05) is 11.4 Å². The predicted octanol–water partition coefficient (Wildman–Crippen LogP) is 1.17. The number of anilines is 1. The van der Waals surface area contributed by atoms with Crippen LogP contribution in [-0.2, 0) is 18.0 Å². The summed E-state index contributed by atoms with van der Waals surface area (Å²) in [6.07, 6.45) is 0.669. The molecule has 0 unspecified atom stereocenters. The molecule has 0 atom stereocenters. The second-order valence-electron chi connectivity index (χ2n) is 4.25. The topological polar surface area (TPSA) is 142 Å². The first-order chi connectivity index (χ1) is 10.6. The van der Waals surface area contributed by atoms with E-state index in [9.17, 15) is 4.79 Å². The fraction of sp³-hybridized carbons (Fsp3) is 0.167. The maximum absolute atomic E-state index is 10.7. The minimum atomic E-state index is -0.820. The van der Waals surface area contributed by atoms with Crippen LogP contribution in [0.5, 0.6) is 5.88 Å². The van der Waals surface area contributed by atoms with Crippen LogP contribution < -0.4 is 16.2 Å². The van der Waals surface area contributed by atoms with Crippen LogP contribution in [0.1, 0.15) is 10.4 Å². The second-order valence-corrected chi connectivity index (χ2v) is 5.25. The Morgan fingerprint density at radius 2 is 2.23 bits per heavy atom. The molecular weight excluding hydrogens is 308 g/mol. The van der Waals surface area contributed by atoms with Gasteiger partial charge in [-0.05, 0) is 11.4 Å². The lowest BCUT2D eigenvalue weighted by molar-refractivity contribution is 0.149. The third-order valence-corrected chi connectivity index (χ3v) is 3.75. The molecule has 0 saturated heterocycles. The highest BCUT2D eigenvalue weighted by Crippen LogP contribution is 2.24. The minimum absolute atomic E-state index is 0.0928. The molecule has 22 heavy (non-hydrogen) atoms. The fourth-order valence-electron chi connectivity index (χ4n) is 1.83. The third-order valence-electron chi connectivity index (χ3n) is 2.81. The number of nitrogens with one attached hydrogen (secondary N) is 1. The molecule has 0 bridgehead atoms. The standard InChI is InChI=1S/C12H12N6O3S/c13-11-17-9-8(15-5-16-9)10(18-11)20-4-7-6(1-2-22-7)3-21-12(14)19/h1-2,5H,3-4H2,(H2,14,19)(H3,13,15,16,17,18). The van der Waals surface area contributed by atoms with Crippen molar-refractivity contribution in [1.82, 2.24) is 19.9 Å². The number of hydrogen-bond donors (Lipinski definition) is 3. The van der Waals surface area contributed by atoms with E-state index in [0.29, 0.717) is 17.0 Å². The zero-order valence-electron chi connectivity index (χ0n) is 11.3. The van der Waals surface area contributed by atoms with Gasteiger partial charge in [-0.25, -0.2) is 9.78 Å². The number of fused-ring (bicyclic) bond motifs is 1. The molecule has 0 aromatic carbocycles. The first kappa shape index (κ1) is 14.1. The van der Waals surface area contributed by atoms with Gasteiger partial charge in [0, 0.05) is 10.4 Å². The molecule has 3 heterocycles. The van der Waals surface area contributed by atoms with Crippen LogP contribution in [-0.4, -0.2) is 26.0 Å². The highest BCUT2D eigenvalue weighted by atomic mass is 32.1. The van der Waals surface area contributed by atoms with Gasteiger partial charge in [-0.3, -0.25) is 0 Å². The molecule has 0 aliphatic heterocycles. The van der Waals surface area contributed by atoms with Crippen molar-refractivity contribution >= 4 is 34.5 Å². The highest BCUT2D eigenvalue weighted by molar-refractivity contribution is 7.10. The Hall–Kier alpha value is -2.88. The monoisotopic (exact) mass is 320 g/mol. The van der Waals surface area contributed by atoms with Crippen LogP contribution in [0.15, 0.2) is 17.8 Å². The number of rotatable bonds is 5. The van der Waals surface area contributed by atoms with Crippen molar-refractivity contribution < 1.29 is 14.3 Å². The van der Waals surface area contributed by atoms with Gasteiger partial charge in [-0.1, -0.05) is 0 Å². The maximum atomic E-state index is 10.7. The summed E-state index contributed by atoms with van der Waals surface area (Å²) in [7, 11) is 0. The summed E-state index contributed by atoms with van der Waals surface area (Å²) in [5, 5.41) is 1.87. The first-order valence-electron chi connectivity index (χ1n) is 6.20. The quantitative estimate of drug-likeness (QED) is 0.640. The number of imidazole rings is 1. The van der Waals surface area contributed by atoms with Gasteiger partial charge in [-0.2, -0.15) is 9.97 Å². The lowest BCUT2D eigenvalue weighted by Gasteiger charge is -2.07. The van der Waals surface area contributed by atoms with Gasteiger partial charge in [0.05, 0.1) is 6.33 Å². The number of amides is 1. The number of nitrogens with zero attached hydrogens (tertiary/aromatic N) is 3. The summed E-state index contributed by atoms with van der Waals surface area (Å²) in [4.78, 5) is 26.6. The largest absolute Gasteiger partial charge is 0.470 e. The van der Waals surface area contributed by atoms with Crippen molar-refractivity contribution in [2.75, 3.05) is 5.73 Å². The van der Waals surface area contributed by atoms with Crippen molar-refractivity contribution in [3.63, 3.8) is 0 Å². The molecule has 9 nitrogen and oxygen atoms in total. The van der Waals surface area contributed by atoms with Gasteiger partial charge in [0.25, 0.3) is 0 Å². The molecule has 3 rings (SSSR count). The molecule has 114 valence electrons. The lowest BCUT2D eigenvalue weighted by Crippen LogP contribution is -2.13. The number of carbonyl (C=O) groups excluding carboxylic acids is 1. The predicted molar refractivity (Wildman–Crippen MR) is 79.1 cm³/mol. The van der Waals surface area contributed by atoms with E-state index in [1.165, 1.54) is 17.7 Å². The van der Waals surface area contributed by atoms with E-state index in [2.05, 4.69) is 19.9 Å². The zero-order valence-corrected chi connectivity index (χ0v) is 12.1. The Balaban J connectivity index is 1.76. The molecule has 3 aromatic heterocycles. The van der Waals surface area contributed by atoms with Crippen molar-refractivity contribution in [3.8, 4) is 5.88 Å². The number of hydrogen-bond acceptors (Lipinski definition) is 8. The SMILES string of the molecule is NC(=O)OCc1ccsc1COc1nc(N)nc2[nH]cnc12. The van der Waals surface area contributed by atoms with Crippen LogP contribution in [0.2, 0.25) is 0 Å². The van der Waals surface area contributed by atoms with E-state index >= 15 is 0 Å². The number of aromatic amines is 1. The zero-order chi connectivity index (χ0) is 15.5. The average Bonchev–Trinajstić information content (AvgIpc) is 3.10. The number of carbonyl (C=O) groups is 1. The summed E-state index contributed by atoms with van der Waals surface area (Å²) in [5.41, 5.74) is 12.4. The number of aromatic nitrogens is 4. The summed E-state index contributed by atoms with van der Waals surface area (Å²) < 4.78 is 10.5. The number of nitrogens with two attached hydrogens (primary N) is 2. The summed E-state index contributed by atoms with van der Waals surface area (Å²) in [6.45, 7) is 0.342. The number of thiophene rings is 1. The number of nitrogen functional groups attached to an aromatic ring is 1. The average molecular weight is 320 g/mol. The molecule has 0 saturated carbocycles. The van der Waals surface area contributed by atoms with E-state index in [-0.39, 0.29) is 19.2 Å². The van der Waals surface area contributed by atoms with Crippen LogP contribution >= 0.6 is 11.3 Å². The smallest absolute Gasteiger partial charge is 0.404 e. The third kappa shape index (κ3) is 2.91.